The molecule has 25 heavy (non-hydrogen) atoms. The van der Waals surface area contributed by atoms with E-state index in [4.69, 9.17) is 4.74 Å². The number of rotatable bonds is 5. The van der Waals surface area contributed by atoms with Crippen LogP contribution >= 0.6 is 11.0 Å². The standard InChI is InChI=1S/C17H22FN3O3S/c1-4-17(19-2)21-16-8-6-5-7-15(16)20(25(21,22)23)14-10-9-12(24-3)11-13(14)18/h5-11,17,19,22-23H,4H2,1-3H3. The Bertz CT molecular complexity index is 771. The van der Waals surface area contributed by atoms with E-state index in [1.807, 2.05) is 13.0 Å². The van der Waals surface area contributed by atoms with Gasteiger partial charge in [-0.2, -0.15) is 0 Å². The quantitative estimate of drug-likeness (QED) is 0.731. The molecule has 1 atom stereocenters. The third-order valence-electron chi connectivity index (χ3n) is 4.22. The monoisotopic (exact) mass is 367 g/mol. The number of nitrogens with zero attached hydrogens (tertiary/aromatic N) is 2. The number of hydrogen-bond acceptors (Lipinski definition) is 6. The Balaban J connectivity index is 2.17. The molecule has 1 heterocycles. The summed E-state index contributed by atoms with van der Waals surface area (Å²) in [6, 6.07) is 11.5. The summed E-state index contributed by atoms with van der Waals surface area (Å²) < 4.78 is 44.5. The highest BCUT2D eigenvalue weighted by Crippen LogP contribution is 2.65. The highest BCUT2D eigenvalue weighted by Gasteiger charge is 2.45. The second-order valence-corrected chi connectivity index (χ2v) is 7.37. The minimum Gasteiger partial charge on any atom is -0.497 e. The van der Waals surface area contributed by atoms with Crippen LogP contribution in [0.2, 0.25) is 0 Å². The van der Waals surface area contributed by atoms with E-state index in [9.17, 15) is 13.5 Å². The zero-order valence-corrected chi connectivity index (χ0v) is 15.1. The predicted molar refractivity (Wildman–Crippen MR) is 100.0 cm³/mol. The fourth-order valence-electron chi connectivity index (χ4n) is 3.04. The number of nitrogens with one attached hydrogen (secondary N) is 1. The van der Waals surface area contributed by atoms with Crippen molar-refractivity contribution in [3.8, 4) is 5.75 Å². The predicted octanol–water partition coefficient (Wildman–Crippen LogP) is 4.33. The Kier molecular flexibility index (Phi) is 4.79. The molecule has 0 fully saturated rings. The fourth-order valence-corrected chi connectivity index (χ4v) is 5.06. The van der Waals surface area contributed by atoms with Crippen LogP contribution in [0.5, 0.6) is 5.75 Å². The van der Waals surface area contributed by atoms with Gasteiger partial charge < -0.3 is 4.74 Å². The van der Waals surface area contributed by atoms with Gasteiger partial charge in [0.15, 0.2) is 5.82 Å². The number of methoxy groups -OCH3 is 1. The average molecular weight is 367 g/mol. The molecule has 6 nitrogen and oxygen atoms in total. The van der Waals surface area contributed by atoms with Crippen LogP contribution in [0, 0.1) is 5.82 Å². The van der Waals surface area contributed by atoms with E-state index < -0.39 is 16.8 Å². The fraction of sp³-hybridized carbons (Fsp3) is 0.294. The van der Waals surface area contributed by atoms with Gasteiger partial charge in [-0.05, 0) is 48.7 Å². The Labute approximate surface area is 148 Å². The van der Waals surface area contributed by atoms with Crippen LogP contribution in [0.1, 0.15) is 13.3 Å². The highest BCUT2D eigenvalue weighted by atomic mass is 32.3. The summed E-state index contributed by atoms with van der Waals surface area (Å²) in [7, 11) is -0.277. The molecule has 1 aliphatic heterocycles. The number of fused-ring (bicyclic) bond motifs is 1. The minimum absolute atomic E-state index is 0.0849. The molecular formula is C17H22FN3O3S. The first-order valence-corrected chi connectivity index (χ1v) is 9.39. The SMILES string of the molecule is CCC(NC)N1c2ccccc2N(c2ccc(OC)cc2F)S1(O)O. The number of anilines is 3. The van der Waals surface area contributed by atoms with Gasteiger partial charge in [0, 0.05) is 6.07 Å². The van der Waals surface area contributed by atoms with Crippen LogP contribution in [0.4, 0.5) is 21.5 Å². The summed E-state index contributed by atoms with van der Waals surface area (Å²) in [6.07, 6.45) is 0.331. The van der Waals surface area contributed by atoms with Crippen LogP contribution in [0.15, 0.2) is 42.5 Å². The lowest BCUT2D eigenvalue weighted by Gasteiger charge is -2.46. The number of para-hydroxylation sites is 2. The van der Waals surface area contributed by atoms with Crippen LogP contribution in [0.3, 0.4) is 0 Å². The molecule has 0 aliphatic carbocycles. The average Bonchev–Trinajstić information content (AvgIpc) is 2.84. The summed E-state index contributed by atoms with van der Waals surface area (Å²) in [5, 5.41) is 3.08. The van der Waals surface area contributed by atoms with E-state index in [1.54, 1.807) is 31.3 Å². The molecule has 136 valence electrons. The van der Waals surface area contributed by atoms with Gasteiger partial charge in [-0.3, -0.25) is 14.4 Å². The Morgan fingerprint density at radius 2 is 1.84 bits per heavy atom. The third kappa shape index (κ3) is 2.81. The first-order valence-electron chi connectivity index (χ1n) is 7.93. The lowest BCUT2D eigenvalue weighted by molar-refractivity contribution is 0.411. The van der Waals surface area contributed by atoms with Crippen molar-refractivity contribution < 1.29 is 18.2 Å². The van der Waals surface area contributed by atoms with Gasteiger partial charge in [-0.15, -0.1) is 0 Å². The summed E-state index contributed by atoms with van der Waals surface area (Å²) in [6.45, 7) is 1.94. The molecule has 0 saturated heterocycles. The van der Waals surface area contributed by atoms with Gasteiger partial charge in [-0.1, -0.05) is 19.1 Å². The van der Waals surface area contributed by atoms with E-state index in [2.05, 4.69) is 5.32 Å². The second kappa shape index (κ2) is 6.72. The molecule has 0 saturated carbocycles. The maximum absolute atomic E-state index is 14.7. The van der Waals surface area contributed by atoms with Crippen LogP contribution in [-0.4, -0.2) is 29.4 Å². The molecule has 2 aromatic rings. The molecule has 0 amide bonds. The number of ether oxygens (including phenoxy) is 1. The summed E-state index contributed by atoms with van der Waals surface area (Å²) in [4.78, 5) is 0. The zero-order chi connectivity index (χ0) is 18.2. The van der Waals surface area contributed by atoms with E-state index in [-0.39, 0.29) is 11.9 Å². The van der Waals surface area contributed by atoms with Crippen molar-refractivity contribution in [1.29, 1.82) is 0 Å². The largest absolute Gasteiger partial charge is 0.497 e. The van der Waals surface area contributed by atoms with E-state index in [0.29, 0.717) is 23.5 Å². The summed E-state index contributed by atoms with van der Waals surface area (Å²) >= 11 is 0. The van der Waals surface area contributed by atoms with Gasteiger partial charge in [-0.25, -0.2) is 13.0 Å². The first-order chi connectivity index (χ1) is 12.0. The van der Waals surface area contributed by atoms with Crippen molar-refractivity contribution in [2.45, 2.75) is 19.5 Å². The molecule has 0 aromatic heterocycles. The van der Waals surface area contributed by atoms with Crippen LogP contribution in [0.25, 0.3) is 0 Å². The number of benzene rings is 2. The minimum atomic E-state index is -3.48. The maximum Gasteiger partial charge on any atom is 0.152 e. The summed E-state index contributed by atoms with van der Waals surface area (Å²) in [5.41, 5.74) is 1.26. The summed E-state index contributed by atoms with van der Waals surface area (Å²) in [5.74, 6) is -0.225. The normalized spacial score (nSPS) is 18.0. The molecule has 8 heteroatoms. The lowest BCUT2D eigenvalue weighted by Crippen LogP contribution is -2.45. The van der Waals surface area contributed by atoms with Crippen molar-refractivity contribution in [1.82, 2.24) is 5.32 Å². The van der Waals surface area contributed by atoms with Gasteiger partial charge in [0.1, 0.15) is 17.6 Å². The molecular weight excluding hydrogens is 345 g/mol. The molecule has 0 bridgehead atoms. The Hall–Kier alpha value is -2.00. The van der Waals surface area contributed by atoms with Gasteiger partial charge >= 0.3 is 0 Å². The van der Waals surface area contributed by atoms with Crippen molar-refractivity contribution in [2.75, 3.05) is 22.8 Å². The van der Waals surface area contributed by atoms with Crippen molar-refractivity contribution >= 4 is 28.0 Å². The molecule has 1 aliphatic rings. The lowest BCUT2D eigenvalue weighted by atomic mass is 10.2. The highest BCUT2D eigenvalue weighted by molar-refractivity contribution is 8.27. The zero-order valence-electron chi connectivity index (χ0n) is 14.3. The Morgan fingerprint density at radius 3 is 2.40 bits per heavy atom. The Morgan fingerprint density at radius 1 is 1.16 bits per heavy atom. The molecule has 3 N–H and O–H groups in total. The molecule has 2 aromatic carbocycles. The van der Waals surface area contributed by atoms with E-state index in [0.717, 1.165) is 0 Å². The van der Waals surface area contributed by atoms with E-state index in [1.165, 1.54) is 27.9 Å². The molecule has 0 radical (unpaired) electrons. The van der Waals surface area contributed by atoms with Crippen molar-refractivity contribution in [3.63, 3.8) is 0 Å². The van der Waals surface area contributed by atoms with Gasteiger partial charge in [0.2, 0.25) is 0 Å². The third-order valence-corrected chi connectivity index (χ3v) is 6.09. The van der Waals surface area contributed by atoms with Crippen molar-refractivity contribution in [3.05, 3.63) is 48.3 Å². The number of halogens is 1. The van der Waals surface area contributed by atoms with Gasteiger partial charge in [0.25, 0.3) is 0 Å². The van der Waals surface area contributed by atoms with Crippen molar-refractivity contribution in [2.24, 2.45) is 0 Å². The molecule has 0 spiro atoms. The van der Waals surface area contributed by atoms with Crippen LogP contribution in [-0.2, 0) is 0 Å². The maximum atomic E-state index is 14.7. The first kappa shape index (κ1) is 17.8. The second-order valence-electron chi connectivity index (χ2n) is 5.63. The smallest absolute Gasteiger partial charge is 0.152 e. The number of hydrogen-bond donors (Lipinski definition) is 3. The molecule has 3 rings (SSSR count). The molecule has 1 unspecified atom stereocenters. The van der Waals surface area contributed by atoms with E-state index >= 15 is 0 Å². The van der Waals surface area contributed by atoms with Crippen LogP contribution < -0.4 is 18.7 Å². The van der Waals surface area contributed by atoms with Gasteiger partial charge in [0.05, 0.1) is 18.5 Å². The topological polar surface area (TPSA) is 68.2 Å².